The molecule has 3 aromatic rings. The summed E-state index contributed by atoms with van der Waals surface area (Å²) in [6.07, 6.45) is 3.64. The van der Waals surface area contributed by atoms with Gasteiger partial charge >= 0.3 is 0 Å². The molecule has 0 atom stereocenters. The van der Waals surface area contributed by atoms with Gasteiger partial charge in [0.05, 0.1) is 5.52 Å². The Kier molecular flexibility index (Phi) is 2.56. The van der Waals surface area contributed by atoms with Gasteiger partial charge in [-0.15, -0.1) is 0 Å². The van der Waals surface area contributed by atoms with Crippen LogP contribution in [0.3, 0.4) is 0 Å². The number of halogens is 1. The van der Waals surface area contributed by atoms with Crippen LogP contribution in [-0.2, 0) is 7.05 Å². The maximum atomic E-state index is 6.08. The van der Waals surface area contributed by atoms with E-state index in [9.17, 15) is 0 Å². The van der Waals surface area contributed by atoms with Crippen molar-refractivity contribution in [1.29, 1.82) is 0 Å². The average molecular weight is 303 g/mol. The van der Waals surface area contributed by atoms with Gasteiger partial charge in [0.15, 0.2) is 5.82 Å². The molecular formula is C13H11BrN4. The molecule has 3 rings (SSSR count). The van der Waals surface area contributed by atoms with Crippen molar-refractivity contribution in [3.8, 4) is 11.5 Å². The predicted molar refractivity (Wildman–Crippen MR) is 76.1 cm³/mol. The summed E-state index contributed by atoms with van der Waals surface area (Å²) < 4.78 is 2.92. The third-order valence-electron chi connectivity index (χ3n) is 2.85. The molecule has 0 amide bonds. The highest BCUT2D eigenvalue weighted by molar-refractivity contribution is 9.10. The zero-order chi connectivity index (χ0) is 12.7. The van der Waals surface area contributed by atoms with Crippen LogP contribution in [0.4, 0.5) is 5.69 Å². The molecule has 5 heteroatoms. The highest BCUT2D eigenvalue weighted by Gasteiger charge is 2.09. The molecule has 0 aliphatic rings. The number of aryl methyl sites for hydroxylation is 1. The molecule has 0 saturated heterocycles. The number of pyridine rings is 1. The number of nitrogens with zero attached hydrogens (tertiary/aromatic N) is 3. The topological polar surface area (TPSA) is 56.7 Å². The number of aromatic nitrogens is 3. The van der Waals surface area contributed by atoms with Gasteiger partial charge in [0.25, 0.3) is 0 Å². The second kappa shape index (κ2) is 4.10. The molecule has 2 N–H and O–H groups in total. The minimum atomic E-state index is 0.708. The molecule has 0 aliphatic heterocycles. The van der Waals surface area contributed by atoms with E-state index >= 15 is 0 Å². The van der Waals surface area contributed by atoms with Crippen molar-refractivity contribution >= 4 is 32.5 Å². The van der Waals surface area contributed by atoms with E-state index in [2.05, 4.69) is 25.9 Å². The van der Waals surface area contributed by atoms with Crippen molar-refractivity contribution in [1.82, 2.24) is 14.5 Å². The van der Waals surface area contributed by atoms with E-state index in [0.717, 1.165) is 26.9 Å². The molecule has 0 aliphatic carbocycles. The normalized spacial score (nSPS) is 11.0. The summed E-state index contributed by atoms with van der Waals surface area (Å²) in [6.45, 7) is 0. The molecular weight excluding hydrogens is 292 g/mol. The lowest BCUT2D eigenvalue weighted by Crippen LogP contribution is -1.97. The van der Waals surface area contributed by atoms with Crippen LogP contribution in [0.25, 0.3) is 22.4 Å². The number of benzene rings is 1. The molecule has 0 unspecified atom stereocenters. The Bertz CT molecular complexity index is 733. The third kappa shape index (κ3) is 1.76. The molecule has 0 bridgehead atoms. The zero-order valence-electron chi connectivity index (χ0n) is 9.76. The van der Waals surface area contributed by atoms with Crippen molar-refractivity contribution < 1.29 is 0 Å². The molecule has 0 fully saturated rings. The van der Waals surface area contributed by atoms with Gasteiger partial charge in [-0.1, -0.05) is 15.9 Å². The fourth-order valence-corrected chi connectivity index (χ4v) is 2.31. The Balaban J connectivity index is 2.28. The zero-order valence-corrected chi connectivity index (χ0v) is 11.3. The van der Waals surface area contributed by atoms with Crippen LogP contribution in [0.1, 0.15) is 0 Å². The van der Waals surface area contributed by atoms with Gasteiger partial charge in [0.2, 0.25) is 0 Å². The van der Waals surface area contributed by atoms with Crippen LogP contribution in [0, 0.1) is 0 Å². The largest absolute Gasteiger partial charge is 0.398 e. The minimum absolute atomic E-state index is 0.708. The van der Waals surface area contributed by atoms with Crippen molar-refractivity contribution in [2.24, 2.45) is 7.05 Å². The molecule has 1 aromatic carbocycles. The summed E-state index contributed by atoms with van der Waals surface area (Å²) in [6, 6.07) is 7.73. The van der Waals surface area contributed by atoms with E-state index in [1.165, 1.54) is 0 Å². The van der Waals surface area contributed by atoms with Gasteiger partial charge < -0.3 is 10.3 Å². The van der Waals surface area contributed by atoms with Crippen LogP contribution >= 0.6 is 15.9 Å². The number of hydrogen-bond donors (Lipinski definition) is 1. The minimum Gasteiger partial charge on any atom is -0.398 e. The number of nitrogen functional groups attached to an aromatic ring is 1. The van der Waals surface area contributed by atoms with E-state index in [1.807, 2.05) is 42.1 Å². The van der Waals surface area contributed by atoms with E-state index in [4.69, 9.17) is 5.73 Å². The monoisotopic (exact) mass is 302 g/mol. The van der Waals surface area contributed by atoms with Crippen LogP contribution in [0.2, 0.25) is 0 Å². The number of imidazole rings is 1. The Labute approximate surface area is 113 Å². The van der Waals surface area contributed by atoms with Gasteiger partial charge in [-0.2, -0.15) is 0 Å². The summed E-state index contributed by atoms with van der Waals surface area (Å²) in [5.41, 5.74) is 8.45. The van der Waals surface area contributed by atoms with E-state index in [0.29, 0.717) is 5.69 Å². The molecule has 2 heterocycles. The number of hydrogen-bond acceptors (Lipinski definition) is 3. The SMILES string of the molecule is Cn1ccnc1-c1cc(N)c2cc(Br)ccc2n1. The van der Waals surface area contributed by atoms with E-state index < -0.39 is 0 Å². The Morgan fingerprint density at radius 1 is 1.28 bits per heavy atom. The molecule has 0 radical (unpaired) electrons. The second-order valence-corrected chi connectivity index (χ2v) is 5.04. The predicted octanol–water partition coefficient (Wildman–Crippen LogP) is 2.98. The fraction of sp³-hybridized carbons (Fsp3) is 0.0769. The quantitative estimate of drug-likeness (QED) is 0.752. The molecule has 90 valence electrons. The summed E-state index contributed by atoms with van der Waals surface area (Å²) in [5.74, 6) is 0.812. The first-order valence-corrected chi connectivity index (χ1v) is 6.28. The standard InChI is InChI=1S/C13H11BrN4/c1-18-5-4-16-13(18)12-7-10(15)9-6-8(14)2-3-11(9)17-12/h2-7H,1H3,(H2,15,17). The highest BCUT2D eigenvalue weighted by Crippen LogP contribution is 2.27. The highest BCUT2D eigenvalue weighted by atomic mass is 79.9. The average Bonchev–Trinajstić information content (AvgIpc) is 2.76. The van der Waals surface area contributed by atoms with E-state index in [1.54, 1.807) is 6.20 Å². The Morgan fingerprint density at radius 2 is 2.11 bits per heavy atom. The Morgan fingerprint density at radius 3 is 2.83 bits per heavy atom. The number of rotatable bonds is 1. The lowest BCUT2D eigenvalue weighted by Gasteiger charge is -2.06. The van der Waals surface area contributed by atoms with Gasteiger partial charge in [-0.25, -0.2) is 9.97 Å². The maximum absolute atomic E-state index is 6.08. The third-order valence-corrected chi connectivity index (χ3v) is 3.35. The fourth-order valence-electron chi connectivity index (χ4n) is 1.95. The summed E-state index contributed by atoms with van der Waals surface area (Å²) in [4.78, 5) is 8.88. The van der Waals surface area contributed by atoms with Gasteiger partial charge in [-0.05, 0) is 24.3 Å². The lowest BCUT2D eigenvalue weighted by atomic mass is 10.1. The number of nitrogens with two attached hydrogens (primary N) is 1. The van der Waals surface area contributed by atoms with Gasteiger partial charge in [0.1, 0.15) is 5.69 Å². The van der Waals surface area contributed by atoms with Crippen molar-refractivity contribution in [3.63, 3.8) is 0 Å². The first-order chi connectivity index (χ1) is 8.65. The van der Waals surface area contributed by atoms with Gasteiger partial charge in [0, 0.05) is 35.0 Å². The van der Waals surface area contributed by atoms with Crippen LogP contribution in [0.15, 0.2) is 41.1 Å². The maximum Gasteiger partial charge on any atom is 0.158 e. The first kappa shape index (κ1) is 11.2. The lowest BCUT2D eigenvalue weighted by molar-refractivity contribution is 0.919. The van der Waals surface area contributed by atoms with Crippen molar-refractivity contribution in [2.45, 2.75) is 0 Å². The molecule has 18 heavy (non-hydrogen) atoms. The van der Waals surface area contributed by atoms with Crippen LogP contribution < -0.4 is 5.73 Å². The summed E-state index contributed by atoms with van der Waals surface area (Å²) in [5, 5.41) is 0.947. The smallest absolute Gasteiger partial charge is 0.158 e. The van der Waals surface area contributed by atoms with Crippen molar-refractivity contribution in [3.05, 3.63) is 41.1 Å². The summed E-state index contributed by atoms with van der Waals surface area (Å²) >= 11 is 3.44. The van der Waals surface area contributed by atoms with Gasteiger partial charge in [-0.3, -0.25) is 0 Å². The second-order valence-electron chi connectivity index (χ2n) is 4.12. The number of fused-ring (bicyclic) bond motifs is 1. The molecule has 2 aromatic heterocycles. The molecule has 0 spiro atoms. The van der Waals surface area contributed by atoms with Crippen molar-refractivity contribution in [2.75, 3.05) is 5.73 Å². The van der Waals surface area contributed by atoms with Crippen LogP contribution in [0.5, 0.6) is 0 Å². The molecule has 4 nitrogen and oxygen atoms in total. The molecule has 0 saturated carbocycles. The summed E-state index contributed by atoms with van der Waals surface area (Å²) in [7, 11) is 1.94. The first-order valence-electron chi connectivity index (χ1n) is 5.48. The van der Waals surface area contributed by atoms with Crippen LogP contribution in [-0.4, -0.2) is 14.5 Å². The number of anilines is 1. The van der Waals surface area contributed by atoms with E-state index in [-0.39, 0.29) is 0 Å². The Hall–Kier alpha value is -1.88.